The lowest BCUT2D eigenvalue weighted by Gasteiger charge is -2.04. The molecule has 0 N–H and O–H groups in total. The molecule has 3 heteroatoms. The molecule has 17 heavy (non-hydrogen) atoms. The van der Waals surface area contributed by atoms with Gasteiger partial charge in [-0.15, -0.1) is 0 Å². The van der Waals surface area contributed by atoms with Crippen LogP contribution in [0.3, 0.4) is 0 Å². The van der Waals surface area contributed by atoms with Crippen molar-refractivity contribution in [1.29, 1.82) is 0 Å². The molecule has 0 heterocycles. The van der Waals surface area contributed by atoms with Gasteiger partial charge in [-0.3, -0.25) is 4.57 Å². The van der Waals surface area contributed by atoms with Gasteiger partial charge < -0.3 is 4.52 Å². The van der Waals surface area contributed by atoms with E-state index in [-0.39, 0.29) is 0 Å². The summed E-state index contributed by atoms with van der Waals surface area (Å²) in [5.41, 5.74) is 2.29. The van der Waals surface area contributed by atoms with Gasteiger partial charge in [0.15, 0.2) is 0 Å². The van der Waals surface area contributed by atoms with Gasteiger partial charge in [0.2, 0.25) is 8.03 Å². The second-order valence-corrected chi connectivity index (χ2v) is 5.10. The number of hydrogen-bond acceptors (Lipinski definition) is 2. The third-order valence-corrected chi connectivity index (χ3v) is 3.86. The Hall–Kier alpha value is -1.37. The number of hydrogen-bond donors (Lipinski definition) is 0. The lowest BCUT2D eigenvalue weighted by atomic mass is 10.1. The van der Waals surface area contributed by atoms with Crippen molar-refractivity contribution in [3.8, 4) is 11.1 Å². The smallest absolute Gasteiger partial charge is 0.220 e. The molecule has 0 amide bonds. The fourth-order valence-corrected chi connectivity index (χ4v) is 2.51. The SMILES string of the molecule is CCO[PH](=O)c1ccc(-c2ccccc2)cc1. The van der Waals surface area contributed by atoms with E-state index in [1.54, 1.807) is 0 Å². The Morgan fingerprint density at radius 3 is 2.12 bits per heavy atom. The van der Waals surface area contributed by atoms with E-state index in [1.807, 2.05) is 49.4 Å². The first-order chi connectivity index (χ1) is 8.31. The lowest BCUT2D eigenvalue weighted by molar-refractivity contribution is 0.357. The number of benzene rings is 2. The van der Waals surface area contributed by atoms with E-state index in [9.17, 15) is 4.57 Å². The molecule has 0 aliphatic rings. The van der Waals surface area contributed by atoms with Crippen LogP contribution in [0, 0.1) is 0 Å². The molecule has 0 bridgehead atoms. The van der Waals surface area contributed by atoms with Crippen molar-refractivity contribution in [2.45, 2.75) is 6.92 Å². The van der Waals surface area contributed by atoms with Crippen molar-refractivity contribution in [3.05, 3.63) is 54.6 Å². The van der Waals surface area contributed by atoms with Gasteiger partial charge in [-0.2, -0.15) is 0 Å². The Bertz CT molecular complexity index is 491. The third kappa shape index (κ3) is 3.06. The van der Waals surface area contributed by atoms with E-state index in [4.69, 9.17) is 4.52 Å². The molecule has 2 aromatic carbocycles. The molecular weight excluding hydrogens is 231 g/mol. The molecule has 0 aliphatic carbocycles. The first kappa shape index (κ1) is 12.1. The minimum atomic E-state index is -2.07. The summed E-state index contributed by atoms with van der Waals surface area (Å²) in [5.74, 6) is 0. The van der Waals surface area contributed by atoms with Crippen LogP contribution in [0.25, 0.3) is 11.1 Å². The zero-order chi connectivity index (χ0) is 12.1. The molecule has 2 rings (SSSR count). The van der Waals surface area contributed by atoms with Crippen molar-refractivity contribution in [2.75, 3.05) is 6.61 Å². The molecule has 0 aliphatic heterocycles. The van der Waals surface area contributed by atoms with Crippen LogP contribution in [0.5, 0.6) is 0 Å². The molecule has 0 saturated carbocycles. The summed E-state index contributed by atoms with van der Waals surface area (Å²) in [6.07, 6.45) is 0. The lowest BCUT2D eigenvalue weighted by Crippen LogP contribution is -1.97. The largest absolute Gasteiger partial charge is 0.328 e. The summed E-state index contributed by atoms with van der Waals surface area (Å²) in [6, 6.07) is 17.8. The fourth-order valence-electron chi connectivity index (χ4n) is 1.64. The van der Waals surface area contributed by atoms with Crippen LogP contribution in [0.4, 0.5) is 0 Å². The fraction of sp³-hybridized carbons (Fsp3) is 0.143. The molecule has 0 saturated heterocycles. The summed E-state index contributed by atoms with van der Waals surface area (Å²) in [5, 5.41) is 0.775. The van der Waals surface area contributed by atoms with Gasteiger partial charge in [0, 0.05) is 5.30 Å². The molecule has 0 spiro atoms. The molecule has 0 radical (unpaired) electrons. The first-order valence-corrected chi connectivity index (χ1v) is 6.95. The van der Waals surface area contributed by atoms with E-state index in [1.165, 1.54) is 0 Å². The van der Waals surface area contributed by atoms with Gasteiger partial charge in [-0.05, 0) is 30.2 Å². The van der Waals surface area contributed by atoms with Gasteiger partial charge in [-0.25, -0.2) is 0 Å². The Balaban J connectivity index is 2.22. The monoisotopic (exact) mass is 246 g/mol. The zero-order valence-electron chi connectivity index (χ0n) is 9.72. The van der Waals surface area contributed by atoms with E-state index in [0.717, 1.165) is 16.4 Å². The highest BCUT2D eigenvalue weighted by atomic mass is 31.1. The summed E-state index contributed by atoms with van der Waals surface area (Å²) in [7, 11) is -2.07. The van der Waals surface area contributed by atoms with E-state index < -0.39 is 8.03 Å². The van der Waals surface area contributed by atoms with E-state index >= 15 is 0 Å². The highest BCUT2D eigenvalue weighted by molar-refractivity contribution is 7.48. The topological polar surface area (TPSA) is 26.3 Å². The highest BCUT2D eigenvalue weighted by Gasteiger charge is 2.03. The second kappa shape index (κ2) is 5.81. The van der Waals surface area contributed by atoms with Crippen LogP contribution < -0.4 is 5.30 Å². The van der Waals surface area contributed by atoms with Gasteiger partial charge in [0.05, 0.1) is 6.61 Å². The highest BCUT2D eigenvalue weighted by Crippen LogP contribution is 2.24. The molecule has 2 nitrogen and oxygen atoms in total. The maximum atomic E-state index is 11.7. The normalized spacial score (nSPS) is 12.3. The molecule has 0 fully saturated rings. The van der Waals surface area contributed by atoms with Gasteiger partial charge in [0.25, 0.3) is 0 Å². The van der Waals surface area contributed by atoms with Crippen LogP contribution >= 0.6 is 8.03 Å². The minimum absolute atomic E-state index is 0.484. The van der Waals surface area contributed by atoms with Crippen molar-refractivity contribution in [1.82, 2.24) is 0 Å². The van der Waals surface area contributed by atoms with Crippen LogP contribution in [-0.2, 0) is 9.09 Å². The average molecular weight is 246 g/mol. The molecule has 0 aromatic heterocycles. The van der Waals surface area contributed by atoms with Gasteiger partial charge >= 0.3 is 0 Å². The molecule has 1 unspecified atom stereocenters. The Kier molecular flexibility index (Phi) is 4.13. The predicted molar refractivity (Wildman–Crippen MR) is 72.1 cm³/mol. The minimum Gasteiger partial charge on any atom is -0.328 e. The average Bonchev–Trinajstić information content (AvgIpc) is 2.40. The van der Waals surface area contributed by atoms with Crippen LogP contribution in [0.2, 0.25) is 0 Å². The Morgan fingerprint density at radius 1 is 0.941 bits per heavy atom. The van der Waals surface area contributed by atoms with Crippen LogP contribution in [0.1, 0.15) is 6.92 Å². The standard InChI is InChI=1S/C14H15O2P/c1-2-16-17(15)14-10-8-13(9-11-14)12-6-4-3-5-7-12/h3-11,17H,2H2,1H3. The van der Waals surface area contributed by atoms with Crippen molar-refractivity contribution < 1.29 is 9.09 Å². The van der Waals surface area contributed by atoms with Crippen molar-refractivity contribution in [3.63, 3.8) is 0 Å². The van der Waals surface area contributed by atoms with E-state index in [2.05, 4.69) is 12.1 Å². The van der Waals surface area contributed by atoms with Crippen LogP contribution in [-0.4, -0.2) is 6.61 Å². The Labute approximate surface area is 102 Å². The maximum Gasteiger partial charge on any atom is 0.220 e. The zero-order valence-corrected chi connectivity index (χ0v) is 10.7. The molecule has 1 atom stereocenters. The summed E-state index contributed by atoms with van der Waals surface area (Å²) < 4.78 is 16.8. The van der Waals surface area contributed by atoms with Crippen molar-refractivity contribution in [2.24, 2.45) is 0 Å². The number of rotatable bonds is 4. The van der Waals surface area contributed by atoms with Crippen molar-refractivity contribution >= 4 is 13.3 Å². The second-order valence-electron chi connectivity index (χ2n) is 3.66. The molecular formula is C14H15O2P. The predicted octanol–water partition coefficient (Wildman–Crippen LogP) is 3.49. The summed E-state index contributed by atoms with van der Waals surface area (Å²) in [4.78, 5) is 0. The maximum absolute atomic E-state index is 11.7. The first-order valence-electron chi connectivity index (χ1n) is 5.64. The molecule has 88 valence electrons. The quantitative estimate of drug-likeness (QED) is 0.772. The molecule has 2 aromatic rings. The van der Waals surface area contributed by atoms with E-state index in [0.29, 0.717) is 6.61 Å². The van der Waals surface area contributed by atoms with Gasteiger partial charge in [0.1, 0.15) is 0 Å². The van der Waals surface area contributed by atoms with Crippen LogP contribution in [0.15, 0.2) is 54.6 Å². The summed E-state index contributed by atoms with van der Waals surface area (Å²) in [6.45, 7) is 2.33. The Morgan fingerprint density at radius 2 is 1.53 bits per heavy atom. The summed E-state index contributed by atoms with van der Waals surface area (Å²) >= 11 is 0. The third-order valence-electron chi connectivity index (χ3n) is 2.50. The van der Waals surface area contributed by atoms with Gasteiger partial charge in [-0.1, -0.05) is 42.5 Å².